The van der Waals surface area contributed by atoms with Crippen LogP contribution >= 0.6 is 11.6 Å². The van der Waals surface area contributed by atoms with Crippen LogP contribution < -0.4 is 0 Å². The number of rotatable bonds is 2. The van der Waals surface area contributed by atoms with Gasteiger partial charge in [0.1, 0.15) is 17.1 Å². The molecule has 4 aromatic carbocycles. The highest BCUT2D eigenvalue weighted by Gasteiger charge is 2.08. The number of fused-ring (bicyclic) bond motifs is 2. The van der Waals surface area contributed by atoms with Gasteiger partial charge in [0, 0.05) is 10.8 Å². The number of hydrogen-bond donors (Lipinski definition) is 1. The smallest absolute Gasteiger partial charge is 0.143 e. The van der Waals surface area contributed by atoms with Crippen LogP contribution in [0, 0.1) is 0 Å². The zero-order valence-corrected chi connectivity index (χ0v) is 13.4. The van der Waals surface area contributed by atoms with E-state index in [9.17, 15) is 5.11 Å². The second kappa shape index (κ2) is 5.95. The van der Waals surface area contributed by atoms with E-state index in [0.717, 1.165) is 21.5 Å². The first kappa shape index (κ1) is 14.7. The van der Waals surface area contributed by atoms with Crippen LogP contribution in [0.15, 0.2) is 83.0 Å². The summed E-state index contributed by atoms with van der Waals surface area (Å²) in [6.07, 6.45) is 0. The molecule has 1 N–H and O–H groups in total. The third kappa shape index (κ3) is 2.49. The van der Waals surface area contributed by atoms with Crippen LogP contribution in [0.4, 0.5) is 11.4 Å². The van der Waals surface area contributed by atoms with Gasteiger partial charge in [-0.15, -0.1) is 10.2 Å². The Kier molecular flexibility index (Phi) is 3.63. The van der Waals surface area contributed by atoms with Gasteiger partial charge in [0.25, 0.3) is 0 Å². The van der Waals surface area contributed by atoms with Gasteiger partial charge in [0.05, 0.1) is 5.02 Å². The molecule has 0 radical (unpaired) electrons. The minimum absolute atomic E-state index is 0.0920. The molecule has 0 fully saturated rings. The number of phenolic OH excluding ortho intramolecular Hbond substituents is 1. The fraction of sp³-hybridized carbons (Fsp3) is 0. The summed E-state index contributed by atoms with van der Waals surface area (Å²) in [5.41, 5.74) is 1.01. The summed E-state index contributed by atoms with van der Waals surface area (Å²) in [4.78, 5) is 0. The summed E-state index contributed by atoms with van der Waals surface area (Å²) in [6, 6.07) is 22.8. The van der Waals surface area contributed by atoms with E-state index in [1.165, 1.54) is 0 Å². The second-order valence-corrected chi connectivity index (χ2v) is 5.85. The van der Waals surface area contributed by atoms with Crippen LogP contribution in [0.5, 0.6) is 5.75 Å². The first-order valence-corrected chi connectivity index (χ1v) is 7.91. The van der Waals surface area contributed by atoms with Crippen LogP contribution in [0.1, 0.15) is 0 Å². The number of azo groups is 1. The molecule has 0 spiro atoms. The highest BCUT2D eigenvalue weighted by Crippen LogP contribution is 2.38. The van der Waals surface area contributed by atoms with Crippen molar-refractivity contribution in [2.24, 2.45) is 10.2 Å². The molecule has 116 valence electrons. The number of hydrogen-bond acceptors (Lipinski definition) is 3. The normalized spacial score (nSPS) is 11.5. The molecule has 0 unspecified atom stereocenters. The maximum Gasteiger partial charge on any atom is 0.143 e. The van der Waals surface area contributed by atoms with Gasteiger partial charge < -0.3 is 5.11 Å². The summed E-state index contributed by atoms with van der Waals surface area (Å²) in [7, 11) is 0. The Balaban J connectivity index is 1.84. The fourth-order valence-electron chi connectivity index (χ4n) is 2.75. The lowest BCUT2D eigenvalue weighted by atomic mass is 10.1. The number of aromatic hydroxyl groups is 1. The minimum Gasteiger partial charge on any atom is -0.506 e. The van der Waals surface area contributed by atoms with Crippen molar-refractivity contribution in [1.29, 1.82) is 0 Å². The molecule has 4 heteroatoms. The number of nitrogens with zero attached hydrogens (tertiary/aromatic N) is 2. The highest BCUT2D eigenvalue weighted by molar-refractivity contribution is 6.38. The molecule has 4 rings (SSSR count). The van der Waals surface area contributed by atoms with Gasteiger partial charge in [-0.3, -0.25) is 0 Å². The monoisotopic (exact) mass is 332 g/mol. The van der Waals surface area contributed by atoms with E-state index in [1.54, 1.807) is 6.07 Å². The summed E-state index contributed by atoms with van der Waals surface area (Å²) < 4.78 is 0. The van der Waals surface area contributed by atoms with Crippen LogP contribution in [0.2, 0.25) is 5.02 Å². The van der Waals surface area contributed by atoms with Crippen molar-refractivity contribution in [3.05, 3.63) is 77.8 Å². The largest absolute Gasteiger partial charge is 0.506 e. The average Bonchev–Trinajstić information content (AvgIpc) is 2.62. The Hall–Kier alpha value is -2.91. The van der Waals surface area contributed by atoms with E-state index < -0.39 is 0 Å². The van der Waals surface area contributed by atoms with Crippen LogP contribution in [-0.4, -0.2) is 5.11 Å². The summed E-state index contributed by atoms with van der Waals surface area (Å²) >= 11 is 6.45. The van der Waals surface area contributed by atoms with E-state index in [2.05, 4.69) is 10.2 Å². The first-order chi connectivity index (χ1) is 11.7. The van der Waals surface area contributed by atoms with Crippen LogP contribution in [-0.2, 0) is 0 Å². The predicted octanol–water partition coefficient (Wildman–Crippen LogP) is 6.77. The summed E-state index contributed by atoms with van der Waals surface area (Å²) in [6.45, 7) is 0. The van der Waals surface area contributed by atoms with Crippen molar-refractivity contribution >= 4 is 44.5 Å². The van der Waals surface area contributed by atoms with Gasteiger partial charge in [-0.05, 0) is 22.9 Å². The molecule has 0 aliphatic heterocycles. The van der Waals surface area contributed by atoms with Gasteiger partial charge in [0.2, 0.25) is 0 Å². The maximum absolute atomic E-state index is 10.1. The minimum atomic E-state index is 0.0920. The second-order valence-electron chi connectivity index (χ2n) is 5.47. The maximum atomic E-state index is 10.1. The topological polar surface area (TPSA) is 45.0 Å². The Morgan fingerprint density at radius 1 is 0.667 bits per heavy atom. The molecule has 24 heavy (non-hydrogen) atoms. The van der Waals surface area contributed by atoms with Gasteiger partial charge in [-0.25, -0.2) is 0 Å². The van der Waals surface area contributed by atoms with Crippen molar-refractivity contribution in [1.82, 2.24) is 0 Å². The molecule has 0 heterocycles. The van der Waals surface area contributed by atoms with E-state index in [0.29, 0.717) is 16.4 Å². The molecular formula is C20H13ClN2O. The van der Waals surface area contributed by atoms with Crippen molar-refractivity contribution < 1.29 is 5.11 Å². The van der Waals surface area contributed by atoms with Gasteiger partial charge in [-0.2, -0.15) is 0 Å². The first-order valence-electron chi connectivity index (χ1n) is 7.54. The van der Waals surface area contributed by atoms with Crippen molar-refractivity contribution in [3.8, 4) is 5.75 Å². The molecule has 0 bridgehead atoms. The van der Waals surface area contributed by atoms with Crippen molar-refractivity contribution in [2.75, 3.05) is 0 Å². The Bertz CT molecular complexity index is 1090. The fourth-order valence-corrected chi connectivity index (χ4v) is 3.02. The third-order valence-electron chi connectivity index (χ3n) is 3.98. The van der Waals surface area contributed by atoms with Crippen LogP contribution in [0.3, 0.4) is 0 Å². The molecule has 0 atom stereocenters. The molecular weight excluding hydrogens is 320 g/mol. The Labute approximate surface area is 143 Å². The average molecular weight is 333 g/mol. The lowest BCUT2D eigenvalue weighted by Crippen LogP contribution is -1.76. The molecule has 0 saturated carbocycles. The molecule has 0 aromatic heterocycles. The molecule has 4 aromatic rings. The lowest BCUT2D eigenvalue weighted by Gasteiger charge is -2.05. The van der Waals surface area contributed by atoms with Gasteiger partial charge in [0.15, 0.2) is 0 Å². The van der Waals surface area contributed by atoms with E-state index in [1.807, 2.05) is 66.7 Å². The number of phenols is 1. The van der Waals surface area contributed by atoms with Crippen molar-refractivity contribution in [3.63, 3.8) is 0 Å². The van der Waals surface area contributed by atoms with Crippen LogP contribution in [0.25, 0.3) is 21.5 Å². The van der Waals surface area contributed by atoms with Gasteiger partial charge >= 0.3 is 0 Å². The van der Waals surface area contributed by atoms with Gasteiger partial charge in [-0.1, -0.05) is 72.3 Å². The zero-order valence-electron chi connectivity index (χ0n) is 12.6. The highest BCUT2D eigenvalue weighted by atomic mass is 35.5. The molecule has 0 amide bonds. The number of benzene rings is 4. The summed E-state index contributed by atoms with van der Waals surface area (Å²) in [5, 5.41) is 23.0. The standard InChI is InChI=1S/C20H13ClN2O/c21-19-15-7-3-1-5-13(15)9-11-17(19)22-23-20-16-8-4-2-6-14(16)10-12-18(20)24/h1-12,24H. The molecule has 3 nitrogen and oxygen atoms in total. The molecule has 0 aliphatic rings. The van der Waals surface area contributed by atoms with Crippen molar-refractivity contribution in [2.45, 2.75) is 0 Å². The van der Waals surface area contributed by atoms with E-state index in [-0.39, 0.29) is 5.75 Å². The number of halogens is 1. The molecule has 0 aliphatic carbocycles. The molecule has 0 saturated heterocycles. The van der Waals surface area contributed by atoms with E-state index >= 15 is 0 Å². The Morgan fingerprint density at radius 2 is 1.29 bits per heavy atom. The predicted molar refractivity (Wildman–Crippen MR) is 98.7 cm³/mol. The third-order valence-corrected chi connectivity index (χ3v) is 4.38. The zero-order chi connectivity index (χ0) is 16.5. The van der Waals surface area contributed by atoms with E-state index in [4.69, 9.17) is 11.6 Å². The SMILES string of the molecule is Oc1ccc2ccccc2c1N=Nc1ccc2ccccc2c1Cl. The lowest BCUT2D eigenvalue weighted by molar-refractivity contribution is 0.477. The Morgan fingerprint density at radius 3 is 2.08 bits per heavy atom. The quantitative estimate of drug-likeness (QED) is 0.404. The summed E-state index contributed by atoms with van der Waals surface area (Å²) in [5.74, 6) is 0.0920.